The van der Waals surface area contributed by atoms with Crippen LogP contribution in [0.2, 0.25) is 0 Å². The number of hydrogen-bond acceptors (Lipinski definition) is 4. The second-order valence-electron chi connectivity index (χ2n) is 5.60. The van der Waals surface area contributed by atoms with Crippen LogP contribution in [0, 0.1) is 6.92 Å². The van der Waals surface area contributed by atoms with Crippen LogP contribution in [0.1, 0.15) is 57.2 Å². The van der Waals surface area contributed by atoms with Gasteiger partial charge in [-0.15, -0.1) is 0 Å². The first-order valence-corrected chi connectivity index (χ1v) is 7.50. The standard InChI is InChI=1S/C15H26N4/c1-5-16-14-13(11(2)3)12(4)17-15(18-14)19-9-7-6-8-10-19/h11H,5-10H2,1-4H3,(H,16,17,18). The fourth-order valence-electron chi connectivity index (χ4n) is 2.80. The molecule has 0 saturated carbocycles. The summed E-state index contributed by atoms with van der Waals surface area (Å²) in [4.78, 5) is 11.8. The molecular formula is C15H26N4. The summed E-state index contributed by atoms with van der Waals surface area (Å²) < 4.78 is 0. The second-order valence-corrected chi connectivity index (χ2v) is 5.60. The number of nitrogens with zero attached hydrogens (tertiary/aromatic N) is 3. The third-order valence-corrected chi connectivity index (χ3v) is 3.68. The van der Waals surface area contributed by atoms with Crippen molar-refractivity contribution in [1.82, 2.24) is 9.97 Å². The Hall–Kier alpha value is -1.32. The number of aryl methyl sites for hydroxylation is 1. The van der Waals surface area contributed by atoms with Gasteiger partial charge in [0.25, 0.3) is 0 Å². The second kappa shape index (κ2) is 6.22. The lowest BCUT2D eigenvalue weighted by molar-refractivity contribution is 0.567. The molecule has 0 unspecified atom stereocenters. The molecule has 106 valence electrons. The fraction of sp³-hybridized carbons (Fsp3) is 0.733. The van der Waals surface area contributed by atoms with Crippen LogP contribution in [-0.2, 0) is 0 Å². The molecule has 1 saturated heterocycles. The first kappa shape index (κ1) is 14.1. The predicted molar refractivity (Wildman–Crippen MR) is 81.1 cm³/mol. The van der Waals surface area contributed by atoms with Crippen molar-refractivity contribution in [3.8, 4) is 0 Å². The molecule has 0 atom stereocenters. The van der Waals surface area contributed by atoms with E-state index in [0.29, 0.717) is 5.92 Å². The molecule has 2 rings (SSSR count). The lowest BCUT2D eigenvalue weighted by Crippen LogP contribution is -2.31. The van der Waals surface area contributed by atoms with Gasteiger partial charge >= 0.3 is 0 Å². The normalized spacial score (nSPS) is 15.9. The van der Waals surface area contributed by atoms with Crippen LogP contribution >= 0.6 is 0 Å². The molecule has 1 aliphatic heterocycles. The Morgan fingerprint density at radius 3 is 2.42 bits per heavy atom. The van der Waals surface area contributed by atoms with Gasteiger partial charge in [-0.25, -0.2) is 4.98 Å². The fourth-order valence-corrected chi connectivity index (χ4v) is 2.80. The minimum Gasteiger partial charge on any atom is -0.370 e. The van der Waals surface area contributed by atoms with Crippen LogP contribution in [0.15, 0.2) is 0 Å². The SMILES string of the molecule is CCNc1nc(N2CCCCC2)nc(C)c1C(C)C. The van der Waals surface area contributed by atoms with E-state index in [-0.39, 0.29) is 0 Å². The molecule has 0 aromatic carbocycles. The third kappa shape index (κ3) is 3.17. The Morgan fingerprint density at radius 1 is 1.16 bits per heavy atom. The number of anilines is 2. The Morgan fingerprint density at radius 2 is 1.84 bits per heavy atom. The molecule has 0 amide bonds. The summed E-state index contributed by atoms with van der Waals surface area (Å²) in [5, 5.41) is 3.40. The molecule has 4 heteroatoms. The van der Waals surface area contributed by atoms with Crippen LogP contribution in [0.4, 0.5) is 11.8 Å². The van der Waals surface area contributed by atoms with Gasteiger partial charge in [-0.3, -0.25) is 0 Å². The highest BCUT2D eigenvalue weighted by molar-refractivity contribution is 5.52. The summed E-state index contributed by atoms with van der Waals surface area (Å²) >= 11 is 0. The number of nitrogens with one attached hydrogen (secondary N) is 1. The Bertz CT molecular complexity index is 422. The van der Waals surface area contributed by atoms with E-state index in [1.807, 2.05) is 0 Å². The monoisotopic (exact) mass is 262 g/mol. The molecule has 0 spiro atoms. The van der Waals surface area contributed by atoms with E-state index < -0.39 is 0 Å². The minimum absolute atomic E-state index is 0.449. The maximum Gasteiger partial charge on any atom is 0.227 e. The third-order valence-electron chi connectivity index (χ3n) is 3.68. The molecule has 1 aromatic rings. The molecule has 0 aliphatic carbocycles. The molecule has 4 nitrogen and oxygen atoms in total. The summed E-state index contributed by atoms with van der Waals surface area (Å²) in [6, 6.07) is 0. The zero-order chi connectivity index (χ0) is 13.8. The van der Waals surface area contributed by atoms with Crippen LogP contribution in [0.5, 0.6) is 0 Å². The van der Waals surface area contributed by atoms with E-state index in [0.717, 1.165) is 37.1 Å². The minimum atomic E-state index is 0.449. The Balaban J connectivity index is 2.35. The van der Waals surface area contributed by atoms with E-state index in [1.54, 1.807) is 0 Å². The highest BCUT2D eigenvalue weighted by Gasteiger charge is 2.19. The molecule has 2 heterocycles. The van der Waals surface area contributed by atoms with Gasteiger partial charge in [0.2, 0.25) is 5.95 Å². The zero-order valence-corrected chi connectivity index (χ0v) is 12.7. The molecule has 0 radical (unpaired) electrons. The van der Waals surface area contributed by atoms with Gasteiger partial charge in [0.05, 0.1) is 0 Å². The number of hydrogen-bond donors (Lipinski definition) is 1. The lowest BCUT2D eigenvalue weighted by atomic mass is 10.0. The van der Waals surface area contributed by atoms with Gasteiger partial charge in [-0.1, -0.05) is 13.8 Å². The van der Waals surface area contributed by atoms with E-state index in [2.05, 4.69) is 37.9 Å². The van der Waals surface area contributed by atoms with Crippen molar-refractivity contribution < 1.29 is 0 Å². The van der Waals surface area contributed by atoms with E-state index in [1.165, 1.54) is 24.8 Å². The van der Waals surface area contributed by atoms with Crippen LogP contribution in [-0.4, -0.2) is 29.6 Å². The maximum absolute atomic E-state index is 4.77. The first-order valence-electron chi connectivity index (χ1n) is 7.50. The van der Waals surface area contributed by atoms with Crippen LogP contribution < -0.4 is 10.2 Å². The molecule has 19 heavy (non-hydrogen) atoms. The number of piperidine rings is 1. The predicted octanol–water partition coefficient (Wildman–Crippen LogP) is 3.33. The van der Waals surface area contributed by atoms with Gasteiger partial charge in [0.15, 0.2) is 0 Å². The largest absolute Gasteiger partial charge is 0.370 e. The number of rotatable bonds is 4. The van der Waals surface area contributed by atoms with E-state index in [9.17, 15) is 0 Å². The van der Waals surface area contributed by atoms with Gasteiger partial charge in [0.1, 0.15) is 5.82 Å². The summed E-state index contributed by atoms with van der Waals surface area (Å²) in [6.45, 7) is 11.7. The van der Waals surface area contributed by atoms with Gasteiger partial charge < -0.3 is 10.2 Å². The summed E-state index contributed by atoms with van der Waals surface area (Å²) in [6.07, 6.45) is 3.84. The van der Waals surface area contributed by atoms with Crippen LogP contribution in [0.25, 0.3) is 0 Å². The van der Waals surface area contributed by atoms with Crippen molar-refractivity contribution in [1.29, 1.82) is 0 Å². The van der Waals surface area contributed by atoms with Gasteiger partial charge in [-0.2, -0.15) is 4.98 Å². The van der Waals surface area contributed by atoms with Crippen molar-refractivity contribution >= 4 is 11.8 Å². The average Bonchev–Trinajstić information content (AvgIpc) is 2.39. The maximum atomic E-state index is 4.77. The Kier molecular flexibility index (Phi) is 4.61. The zero-order valence-electron chi connectivity index (χ0n) is 12.7. The quantitative estimate of drug-likeness (QED) is 0.903. The highest BCUT2D eigenvalue weighted by atomic mass is 15.3. The van der Waals surface area contributed by atoms with E-state index in [4.69, 9.17) is 9.97 Å². The smallest absolute Gasteiger partial charge is 0.227 e. The van der Waals surface area contributed by atoms with E-state index >= 15 is 0 Å². The molecular weight excluding hydrogens is 236 g/mol. The summed E-state index contributed by atoms with van der Waals surface area (Å²) in [5.41, 5.74) is 2.36. The van der Waals surface area contributed by atoms with Crippen molar-refractivity contribution in [2.75, 3.05) is 29.9 Å². The van der Waals surface area contributed by atoms with Gasteiger partial charge in [-0.05, 0) is 39.0 Å². The highest BCUT2D eigenvalue weighted by Crippen LogP contribution is 2.28. The average molecular weight is 262 g/mol. The lowest BCUT2D eigenvalue weighted by Gasteiger charge is -2.28. The van der Waals surface area contributed by atoms with Crippen molar-refractivity contribution in [2.45, 2.75) is 52.9 Å². The summed E-state index contributed by atoms with van der Waals surface area (Å²) in [7, 11) is 0. The number of aromatic nitrogens is 2. The first-order chi connectivity index (χ1) is 9.13. The van der Waals surface area contributed by atoms with Crippen molar-refractivity contribution in [2.24, 2.45) is 0 Å². The van der Waals surface area contributed by atoms with Gasteiger partial charge in [0, 0.05) is 30.9 Å². The van der Waals surface area contributed by atoms with Crippen LogP contribution in [0.3, 0.4) is 0 Å². The Labute approximate surface area is 116 Å². The molecule has 1 fully saturated rings. The molecule has 1 aliphatic rings. The van der Waals surface area contributed by atoms with Crippen molar-refractivity contribution in [3.63, 3.8) is 0 Å². The molecule has 1 N–H and O–H groups in total. The topological polar surface area (TPSA) is 41.1 Å². The molecule has 1 aromatic heterocycles. The molecule has 0 bridgehead atoms. The summed E-state index contributed by atoms with van der Waals surface area (Å²) in [5.74, 6) is 2.37. The van der Waals surface area contributed by atoms with Crippen molar-refractivity contribution in [3.05, 3.63) is 11.3 Å².